The van der Waals surface area contributed by atoms with Gasteiger partial charge in [-0.25, -0.2) is 14.1 Å². The highest BCUT2D eigenvalue weighted by Gasteiger charge is 2.18. The van der Waals surface area contributed by atoms with E-state index in [4.69, 9.17) is 11.6 Å². The molecule has 0 radical (unpaired) electrons. The van der Waals surface area contributed by atoms with E-state index in [9.17, 15) is 9.50 Å². The van der Waals surface area contributed by atoms with Gasteiger partial charge in [0, 0.05) is 22.4 Å². The lowest BCUT2D eigenvalue weighted by Gasteiger charge is -2.17. The highest BCUT2D eigenvalue weighted by atomic mass is 35.5. The molecule has 0 fully saturated rings. The first-order chi connectivity index (χ1) is 11.1. The van der Waals surface area contributed by atoms with Gasteiger partial charge in [0.2, 0.25) is 0 Å². The Morgan fingerprint density at radius 1 is 1.17 bits per heavy atom. The number of aromatic nitrogens is 3. The van der Waals surface area contributed by atoms with Crippen molar-refractivity contribution in [3.63, 3.8) is 0 Å². The molecule has 4 nitrogen and oxygen atoms in total. The number of aliphatic hydroxyl groups excluding tert-OH is 1. The Balaban J connectivity index is 2.08. The second-order valence-electron chi connectivity index (χ2n) is 4.89. The highest BCUT2D eigenvalue weighted by Crippen LogP contribution is 2.34. The molecule has 0 aliphatic carbocycles. The van der Waals surface area contributed by atoms with Crippen LogP contribution in [-0.4, -0.2) is 19.9 Å². The summed E-state index contributed by atoms with van der Waals surface area (Å²) in [4.78, 5) is 3.87. The molecule has 0 bridgehead atoms. The molecule has 23 heavy (non-hydrogen) atoms. The van der Waals surface area contributed by atoms with Gasteiger partial charge in [-0.2, -0.15) is 5.10 Å². The summed E-state index contributed by atoms with van der Waals surface area (Å²) in [6, 6.07) is 12.9. The normalized spacial score (nSPS) is 13.1. The summed E-state index contributed by atoms with van der Waals surface area (Å²) in [6.45, 7) is 0. The zero-order valence-corrected chi connectivity index (χ0v) is 12.7. The third-order valence-corrected chi connectivity index (χ3v) is 3.72. The molecule has 6 heteroatoms. The van der Waals surface area contributed by atoms with Crippen molar-refractivity contribution in [3.05, 3.63) is 83.2 Å². The largest absolute Gasteiger partial charge is 0.384 e. The second kappa shape index (κ2) is 6.73. The number of hydrogen-bond acceptors (Lipinski definition) is 3. The molecule has 1 unspecified atom stereocenters. The first-order valence-electron chi connectivity index (χ1n) is 6.89. The fraction of sp³-hybridized carbons (Fsp3) is 0.0588. The van der Waals surface area contributed by atoms with Gasteiger partial charge in [0.25, 0.3) is 0 Å². The van der Waals surface area contributed by atoms with E-state index in [1.165, 1.54) is 29.5 Å². The van der Waals surface area contributed by atoms with Gasteiger partial charge in [0.15, 0.2) is 0 Å². The summed E-state index contributed by atoms with van der Waals surface area (Å²) in [5.41, 5.74) is 1.75. The van der Waals surface area contributed by atoms with E-state index in [0.717, 1.165) is 0 Å². The SMILES string of the molecule is OC(C(=Cn1cncn1)c1ccc(F)cc1)c1ccccc1Cl. The Bertz CT molecular complexity index is 816. The molecule has 0 aliphatic heterocycles. The van der Waals surface area contributed by atoms with Gasteiger partial charge < -0.3 is 5.11 Å². The predicted molar refractivity (Wildman–Crippen MR) is 87.0 cm³/mol. The van der Waals surface area contributed by atoms with Crippen molar-refractivity contribution in [2.24, 2.45) is 0 Å². The molecule has 1 atom stereocenters. The van der Waals surface area contributed by atoms with Crippen molar-refractivity contribution in [2.45, 2.75) is 6.10 Å². The van der Waals surface area contributed by atoms with Crippen LogP contribution in [0.4, 0.5) is 4.39 Å². The quantitative estimate of drug-likeness (QED) is 0.792. The van der Waals surface area contributed by atoms with Crippen LogP contribution in [0.2, 0.25) is 5.02 Å². The highest BCUT2D eigenvalue weighted by molar-refractivity contribution is 6.31. The topological polar surface area (TPSA) is 50.9 Å². The van der Waals surface area contributed by atoms with Gasteiger partial charge in [0.1, 0.15) is 24.6 Å². The molecular formula is C17H13ClFN3O. The Morgan fingerprint density at radius 2 is 1.91 bits per heavy atom. The van der Waals surface area contributed by atoms with Gasteiger partial charge in [0.05, 0.1) is 0 Å². The van der Waals surface area contributed by atoms with Crippen molar-refractivity contribution < 1.29 is 9.50 Å². The predicted octanol–water partition coefficient (Wildman–Crippen LogP) is 3.80. The summed E-state index contributed by atoms with van der Waals surface area (Å²) in [5, 5.41) is 15.2. The lowest BCUT2D eigenvalue weighted by atomic mass is 9.96. The zero-order valence-electron chi connectivity index (χ0n) is 12.0. The van der Waals surface area contributed by atoms with Crippen molar-refractivity contribution in [2.75, 3.05) is 0 Å². The van der Waals surface area contributed by atoms with Crippen LogP contribution < -0.4 is 0 Å². The average molecular weight is 330 g/mol. The molecule has 1 heterocycles. The van der Waals surface area contributed by atoms with Gasteiger partial charge in [-0.05, 0) is 23.8 Å². The maximum absolute atomic E-state index is 13.2. The molecule has 3 aromatic rings. The monoisotopic (exact) mass is 329 g/mol. The minimum atomic E-state index is -0.988. The summed E-state index contributed by atoms with van der Waals surface area (Å²) in [6.07, 6.45) is 3.54. The molecule has 0 aliphatic rings. The molecule has 1 aromatic heterocycles. The van der Waals surface area contributed by atoms with Crippen LogP contribution in [0.25, 0.3) is 11.8 Å². The number of aliphatic hydroxyl groups is 1. The number of hydrogen-bond donors (Lipinski definition) is 1. The Morgan fingerprint density at radius 3 is 2.57 bits per heavy atom. The molecular weight excluding hydrogens is 317 g/mol. The van der Waals surface area contributed by atoms with E-state index < -0.39 is 6.10 Å². The number of benzene rings is 2. The molecule has 0 saturated carbocycles. The second-order valence-corrected chi connectivity index (χ2v) is 5.30. The van der Waals surface area contributed by atoms with Crippen molar-refractivity contribution in [3.8, 4) is 0 Å². The van der Waals surface area contributed by atoms with Crippen molar-refractivity contribution in [1.29, 1.82) is 0 Å². The maximum atomic E-state index is 13.2. The minimum Gasteiger partial charge on any atom is -0.384 e. The first-order valence-corrected chi connectivity index (χ1v) is 7.27. The molecule has 1 N–H and O–H groups in total. The fourth-order valence-corrected chi connectivity index (χ4v) is 2.48. The van der Waals surface area contributed by atoms with Crippen LogP contribution >= 0.6 is 11.6 Å². The number of nitrogens with zero attached hydrogens (tertiary/aromatic N) is 3. The third kappa shape index (κ3) is 3.47. The van der Waals surface area contributed by atoms with Crippen LogP contribution in [-0.2, 0) is 0 Å². The summed E-state index contributed by atoms with van der Waals surface area (Å²) in [7, 11) is 0. The fourth-order valence-electron chi connectivity index (χ4n) is 2.24. The maximum Gasteiger partial charge on any atom is 0.138 e. The Kier molecular flexibility index (Phi) is 4.50. The van der Waals surface area contributed by atoms with Gasteiger partial charge >= 0.3 is 0 Å². The van der Waals surface area contributed by atoms with Crippen LogP contribution in [0.1, 0.15) is 17.2 Å². The Hall–Kier alpha value is -2.50. The summed E-state index contributed by atoms with van der Waals surface area (Å²) < 4.78 is 14.7. The molecule has 2 aromatic carbocycles. The lowest BCUT2D eigenvalue weighted by molar-refractivity contribution is 0.238. The van der Waals surface area contributed by atoms with E-state index in [1.807, 2.05) is 0 Å². The average Bonchev–Trinajstić information content (AvgIpc) is 3.07. The molecule has 116 valence electrons. The summed E-state index contributed by atoms with van der Waals surface area (Å²) >= 11 is 6.18. The number of rotatable bonds is 4. The van der Waals surface area contributed by atoms with Crippen LogP contribution in [0.5, 0.6) is 0 Å². The third-order valence-electron chi connectivity index (χ3n) is 3.38. The van der Waals surface area contributed by atoms with Crippen LogP contribution in [0, 0.1) is 5.82 Å². The zero-order chi connectivity index (χ0) is 16.2. The standard InChI is InChI=1S/C17H13ClFN3O/c18-16-4-2-1-3-14(16)17(23)15(9-22-11-20-10-21-22)12-5-7-13(19)8-6-12/h1-11,17,23H. The van der Waals surface area contributed by atoms with Crippen molar-refractivity contribution >= 4 is 23.4 Å². The smallest absolute Gasteiger partial charge is 0.138 e. The van der Waals surface area contributed by atoms with Gasteiger partial charge in [-0.1, -0.05) is 41.9 Å². The van der Waals surface area contributed by atoms with Gasteiger partial charge in [-0.15, -0.1) is 0 Å². The Labute approximate surface area is 137 Å². The van der Waals surface area contributed by atoms with Gasteiger partial charge in [-0.3, -0.25) is 0 Å². The van der Waals surface area contributed by atoms with E-state index >= 15 is 0 Å². The number of halogens is 2. The molecule has 0 spiro atoms. The van der Waals surface area contributed by atoms with E-state index in [-0.39, 0.29) is 5.82 Å². The van der Waals surface area contributed by atoms with Crippen LogP contribution in [0.3, 0.4) is 0 Å². The summed E-state index contributed by atoms with van der Waals surface area (Å²) in [5.74, 6) is -0.346. The van der Waals surface area contributed by atoms with Crippen molar-refractivity contribution in [1.82, 2.24) is 14.8 Å². The van der Waals surface area contributed by atoms with E-state index in [1.54, 1.807) is 42.6 Å². The van der Waals surface area contributed by atoms with E-state index in [2.05, 4.69) is 10.1 Å². The van der Waals surface area contributed by atoms with E-state index in [0.29, 0.717) is 21.7 Å². The molecule has 3 rings (SSSR count). The molecule has 0 saturated heterocycles. The van der Waals surface area contributed by atoms with Crippen LogP contribution in [0.15, 0.2) is 61.2 Å². The first kappa shape index (κ1) is 15.4. The lowest BCUT2D eigenvalue weighted by Crippen LogP contribution is -2.04. The minimum absolute atomic E-state index is 0.346. The molecule has 0 amide bonds.